The minimum Gasteiger partial charge on any atom is -0.265 e. The molecule has 3 rings (SSSR count). The highest BCUT2D eigenvalue weighted by Crippen LogP contribution is 2.22. The molecule has 0 amide bonds. The Morgan fingerprint density at radius 2 is 1.88 bits per heavy atom. The lowest BCUT2D eigenvalue weighted by Crippen LogP contribution is -2.26. The van der Waals surface area contributed by atoms with Crippen LogP contribution in [-0.2, 0) is 16.4 Å². The van der Waals surface area contributed by atoms with Gasteiger partial charge < -0.3 is 0 Å². The second-order valence-corrected chi connectivity index (χ2v) is 8.12. The highest BCUT2D eigenvalue weighted by Gasteiger charge is 2.19. The smallest absolute Gasteiger partial charge is 0.243 e. The minimum absolute atomic E-state index is 0.128. The van der Waals surface area contributed by atoms with Gasteiger partial charge in [-0.2, -0.15) is 0 Å². The van der Waals surface area contributed by atoms with Crippen molar-refractivity contribution in [2.24, 2.45) is 0 Å². The molecule has 0 bridgehead atoms. The number of sulfonamides is 1. The lowest BCUT2D eigenvalue weighted by atomic mass is 10.2. The van der Waals surface area contributed by atoms with E-state index in [9.17, 15) is 17.2 Å². The van der Waals surface area contributed by atoms with E-state index in [0.717, 1.165) is 28.4 Å². The van der Waals surface area contributed by atoms with Crippen molar-refractivity contribution in [3.05, 3.63) is 64.7 Å². The molecule has 0 aliphatic heterocycles. The van der Waals surface area contributed by atoms with E-state index < -0.39 is 26.6 Å². The summed E-state index contributed by atoms with van der Waals surface area (Å²) in [6.07, 6.45) is 4.48. The molecule has 5 nitrogen and oxygen atoms in total. The molecule has 26 heavy (non-hydrogen) atoms. The average Bonchev–Trinajstić information content (AvgIpc) is 3.08. The van der Waals surface area contributed by atoms with Gasteiger partial charge in [0.05, 0.1) is 10.7 Å². The molecular formula is C17H15F2N3O2S2. The summed E-state index contributed by atoms with van der Waals surface area (Å²) in [6, 6.07) is 6.10. The number of rotatable bonds is 7. The third kappa shape index (κ3) is 4.48. The number of thiazole rings is 1. The van der Waals surface area contributed by atoms with Gasteiger partial charge in [0.15, 0.2) is 0 Å². The summed E-state index contributed by atoms with van der Waals surface area (Å²) < 4.78 is 53.0. The monoisotopic (exact) mass is 395 g/mol. The number of aryl methyl sites for hydroxylation is 1. The van der Waals surface area contributed by atoms with Crippen LogP contribution in [0, 0.1) is 11.6 Å². The Kier molecular flexibility index (Phi) is 5.70. The number of halogens is 2. The average molecular weight is 395 g/mol. The molecule has 0 radical (unpaired) electrons. The number of benzene rings is 1. The zero-order valence-electron chi connectivity index (χ0n) is 13.5. The predicted octanol–water partition coefficient (Wildman–Crippen LogP) is 3.39. The molecule has 0 saturated carbocycles. The number of aromatic nitrogens is 2. The van der Waals surface area contributed by atoms with E-state index in [2.05, 4.69) is 14.7 Å². The van der Waals surface area contributed by atoms with Crippen LogP contribution in [0.4, 0.5) is 8.78 Å². The maximum atomic E-state index is 13.6. The van der Waals surface area contributed by atoms with E-state index >= 15 is 0 Å². The van der Waals surface area contributed by atoms with Gasteiger partial charge in [0.25, 0.3) is 0 Å². The molecule has 0 aliphatic rings. The first-order chi connectivity index (χ1) is 12.5. The highest BCUT2D eigenvalue weighted by atomic mass is 32.2. The van der Waals surface area contributed by atoms with Crippen LogP contribution in [0.5, 0.6) is 0 Å². The molecule has 3 aromatic rings. The van der Waals surface area contributed by atoms with Crippen LogP contribution >= 0.6 is 11.3 Å². The lowest BCUT2D eigenvalue weighted by molar-refractivity contribution is 0.542. The van der Waals surface area contributed by atoms with Gasteiger partial charge in [-0.3, -0.25) is 4.98 Å². The molecule has 0 fully saturated rings. The van der Waals surface area contributed by atoms with Crippen molar-refractivity contribution in [1.82, 2.24) is 14.7 Å². The van der Waals surface area contributed by atoms with Gasteiger partial charge in [-0.15, -0.1) is 11.3 Å². The quantitative estimate of drug-likeness (QED) is 0.623. The standard InChI is InChI=1S/C17H15F2N3O2S2/c18-13-3-4-16(14(19)10-13)26(23,24)21-7-1-2-17-22-15(11-25-17)12-5-8-20-9-6-12/h3-6,8-11,21H,1-2,7H2. The van der Waals surface area contributed by atoms with Gasteiger partial charge in [-0.1, -0.05) is 0 Å². The first-order valence-electron chi connectivity index (χ1n) is 7.75. The summed E-state index contributed by atoms with van der Waals surface area (Å²) >= 11 is 1.49. The van der Waals surface area contributed by atoms with Gasteiger partial charge >= 0.3 is 0 Å². The first-order valence-corrected chi connectivity index (χ1v) is 10.1. The van der Waals surface area contributed by atoms with E-state index in [4.69, 9.17) is 0 Å². The molecule has 0 saturated heterocycles. The van der Waals surface area contributed by atoms with E-state index in [1.54, 1.807) is 12.4 Å². The number of nitrogens with one attached hydrogen (secondary N) is 1. The Morgan fingerprint density at radius 3 is 2.62 bits per heavy atom. The number of nitrogens with zero attached hydrogens (tertiary/aromatic N) is 2. The summed E-state index contributed by atoms with van der Waals surface area (Å²) in [5.74, 6) is -1.94. The van der Waals surface area contributed by atoms with E-state index in [0.29, 0.717) is 18.9 Å². The Hall–Kier alpha value is -2.23. The fourth-order valence-electron chi connectivity index (χ4n) is 2.30. The van der Waals surface area contributed by atoms with Gasteiger partial charge in [0.1, 0.15) is 16.5 Å². The van der Waals surface area contributed by atoms with Gasteiger partial charge in [-0.25, -0.2) is 26.9 Å². The highest BCUT2D eigenvalue weighted by molar-refractivity contribution is 7.89. The van der Waals surface area contributed by atoms with Crippen molar-refractivity contribution < 1.29 is 17.2 Å². The molecule has 2 heterocycles. The van der Waals surface area contributed by atoms with Crippen LogP contribution in [0.2, 0.25) is 0 Å². The lowest BCUT2D eigenvalue weighted by Gasteiger charge is -2.07. The van der Waals surface area contributed by atoms with Crippen molar-refractivity contribution in [3.8, 4) is 11.3 Å². The normalized spacial score (nSPS) is 11.6. The van der Waals surface area contributed by atoms with Crippen molar-refractivity contribution in [3.63, 3.8) is 0 Å². The van der Waals surface area contributed by atoms with Gasteiger partial charge in [-0.05, 0) is 30.7 Å². The molecule has 0 atom stereocenters. The van der Waals surface area contributed by atoms with Crippen molar-refractivity contribution in [2.45, 2.75) is 17.7 Å². The minimum atomic E-state index is -4.02. The molecule has 1 aromatic carbocycles. The fraction of sp³-hybridized carbons (Fsp3) is 0.176. The second kappa shape index (κ2) is 7.98. The molecule has 0 aliphatic carbocycles. The van der Waals surface area contributed by atoms with E-state index in [1.165, 1.54) is 11.3 Å². The Balaban J connectivity index is 1.55. The van der Waals surface area contributed by atoms with Crippen molar-refractivity contribution in [1.29, 1.82) is 0 Å². The molecule has 1 N–H and O–H groups in total. The molecule has 9 heteroatoms. The van der Waals surface area contributed by atoms with Crippen LogP contribution in [0.1, 0.15) is 11.4 Å². The summed E-state index contributed by atoms with van der Waals surface area (Å²) in [5, 5.41) is 2.81. The molecule has 136 valence electrons. The van der Waals surface area contributed by atoms with E-state index in [1.807, 2.05) is 17.5 Å². The van der Waals surface area contributed by atoms with Crippen LogP contribution in [0.25, 0.3) is 11.3 Å². The summed E-state index contributed by atoms with van der Waals surface area (Å²) in [7, 11) is -4.02. The SMILES string of the molecule is O=S(=O)(NCCCc1nc(-c2ccncc2)cs1)c1ccc(F)cc1F. The van der Waals surface area contributed by atoms with Crippen LogP contribution in [0.3, 0.4) is 0 Å². The molecule has 0 spiro atoms. The molecule has 2 aromatic heterocycles. The molecular weight excluding hydrogens is 380 g/mol. The second-order valence-electron chi connectivity index (χ2n) is 5.44. The first kappa shape index (κ1) is 18.6. The van der Waals surface area contributed by atoms with Crippen molar-refractivity contribution in [2.75, 3.05) is 6.54 Å². The molecule has 0 unspecified atom stereocenters. The maximum Gasteiger partial charge on any atom is 0.243 e. The summed E-state index contributed by atoms with van der Waals surface area (Å²) in [4.78, 5) is 7.91. The van der Waals surface area contributed by atoms with Gasteiger partial charge in [0, 0.05) is 42.4 Å². The maximum absolute atomic E-state index is 13.6. The number of pyridine rings is 1. The summed E-state index contributed by atoms with van der Waals surface area (Å²) in [5.41, 5.74) is 1.82. The summed E-state index contributed by atoms with van der Waals surface area (Å²) in [6.45, 7) is 0.128. The van der Waals surface area contributed by atoms with E-state index in [-0.39, 0.29) is 6.54 Å². The Morgan fingerprint density at radius 1 is 1.12 bits per heavy atom. The predicted molar refractivity (Wildman–Crippen MR) is 95.2 cm³/mol. The number of hydrogen-bond donors (Lipinski definition) is 1. The number of hydrogen-bond acceptors (Lipinski definition) is 5. The van der Waals surface area contributed by atoms with Crippen molar-refractivity contribution >= 4 is 21.4 Å². The third-order valence-electron chi connectivity index (χ3n) is 3.57. The van der Waals surface area contributed by atoms with Gasteiger partial charge in [0.2, 0.25) is 10.0 Å². The van der Waals surface area contributed by atoms with Crippen LogP contribution in [-0.4, -0.2) is 24.9 Å². The topological polar surface area (TPSA) is 72.0 Å². The zero-order chi connectivity index (χ0) is 18.6. The fourth-order valence-corrected chi connectivity index (χ4v) is 4.28. The zero-order valence-corrected chi connectivity index (χ0v) is 15.2. The van der Waals surface area contributed by atoms with Crippen LogP contribution in [0.15, 0.2) is 53.0 Å². The largest absolute Gasteiger partial charge is 0.265 e. The Labute approximate surface area is 153 Å². The Bertz CT molecular complexity index is 992. The van der Waals surface area contributed by atoms with Crippen LogP contribution < -0.4 is 4.72 Å². The third-order valence-corrected chi connectivity index (χ3v) is 5.97.